The van der Waals surface area contributed by atoms with Gasteiger partial charge in [-0.05, 0) is 59.3 Å². The van der Waals surface area contributed by atoms with Crippen molar-refractivity contribution in [2.24, 2.45) is 5.92 Å². The van der Waals surface area contributed by atoms with E-state index in [-0.39, 0.29) is 24.4 Å². The molecule has 3 atom stereocenters. The van der Waals surface area contributed by atoms with Crippen LogP contribution in [0.25, 0.3) is 21.9 Å². The minimum atomic E-state index is -0.524. The number of para-hydroxylation sites is 1. The van der Waals surface area contributed by atoms with Crippen molar-refractivity contribution in [3.8, 4) is 0 Å². The van der Waals surface area contributed by atoms with Gasteiger partial charge in [0.05, 0.1) is 10.9 Å². The summed E-state index contributed by atoms with van der Waals surface area (Å²) < 4.78 is 2.51. The van der Waals surface area contributed by atoms with E-state index < -0.39 is 6.04 Å². The number of nitrogen functional groups attached to an aromatic ring is 1. The lowest BCUT2D eigenvalue weighted by Gasteiger charge is -2.27. The van der Waals surface area contributed by atoms with E-state index >= 15 is 0 Å². The van der Waals surface area contributed by atoms with Crippen LogP contribution in [0.1, 0.15) is 18.4 Å². The largest absolute Gasteiger partial charge is 0.383 e. The Balaban J connectivity index is 1.31. The van der Waals surface area contributed by atoms with Crippen LogP contribution in [-0.4, -0.2) is 48.3 Å². The molecule has 10 heteroatoms. The first-order chi connectivity index (χ1) is 16.4. The summed E-state index contributed by atoms with van der Waals surface area (Å²) >= 11 is 3.35. The fraction of sp³-hybridized carbons (Fsp3) is 0.292. The Hall–Kier alpha value is -3.53. The molecular weight excluding hydrogens is 498 g/mol. The molecule has 172 valence electrons. The number of hydrogen-bond donors (Lipinski definition) is 2. The molecule has 2 aliphatic rings. The molecule has 0 spiro atoms. The molecule has 4 heterocycles. The average Bonchev–Trinajstić information content (AvgIpc) is 3.36. The lowest BCUT2D eigenvalue weighted by molar-refractivity contribution is -0.138. The zero-order valence-electron chi connectivity index (χ0n) is 18.4. The molecule has 3 aromatic heterocycles. The monoisotopic (exact) mass is 519 g/mol. The summed E-state index contributed by atoms with van der Waals surface area (Å²) in [4.78, 5) is 41.6. The SMILES string of the molecule is Cc1ccc(Br)nc1NC(=O)[C@@H]1C[C@H]2CC2N1C(=O)Cn1c2ccccc2c2c(N)ncnc21. The molecule has 3 N–H and O–H groups in total. The number of rotatable bonds is 4. The summed E-state index contributed by atoms with van der Waals surface area (Å²) in [7, 11) is 0. The molecular formula is C24H22BrN7O2. The zero-order valence-corrected chi connectivity index (χ0v) is 20.0. The number of nitrogens with one attached hydrogen (secondary N) is 1. The van der Waals surface area contributed by atoms with Gasteiger partial charge in [-0.15, -0.1) is 0 Å². The van der Waals surface area contributed by atoms with Crippen LogP contribution in [0.4, 0.5) is 11.6 Å². The Bertz CT molecular complexity index is 1480. The number of piperidine rings is 1. The Labute approximate surface area is 203 Å². The second-order valence-corrected chi connectivity index (χ2v) is 9.78. The van der Waals surface area contributed by atoms with Crippen molar-refractivity contribution in [3.63, 3.8) is 0 Å². The normalized spacial score (nSPS) is 21.1. The molecule has 9 nitrogen and oxygen atoms in total. The van der Waals surface area contributed by atoms with Crippen molar-refractivity contribution in [1.29, 1.82) is 0 Å². The molecule has 2 fully saturated rings. The molecule has 34 heavy (non-hydrogen) atoms. The van der Waals surface area contributed by atoms with E-state index in [1.165, 1.54) is 6.33 Å². The number of fused-ring (bicyclic) bond motifs is 4. The van der Waals surface area contributed by atoms with Crippen molar-refractivity contribution in [2.75, 3.05) is 11.1 Å². The summed E-state index contributed by atoms with van der Waals surface area (Å²) in [5, 5.41) is 4.57. The highest BCUT2D eigenvalue weighted by molar-refractivity contribution is 9.10. The molecule has 1 aromatic carbocycles. The van der Waals surface area contributed by atoms with E-state index in [0.29, 0.717) is 34.2 Å². The van der Waals surface area contributed by atoms with Gasteiger partial charge >= 0.3 is 0 Å². The summed E-state index contributed by atoms with van der Waals surface area (Å²) in [6.45, 7) is 1.96. The van der Waals surface area contributed by atoms with Gasteiger partial charge in [-0.25, -0.2) is 15.0 Å². The van der Waals surface area contributed by atoms with Gasteiger partial charge in [-0.1, -0.05) is 24.3 Å². The molecule has 1 saturated carbocycles. The fourth-order valence-corrected chi connectivity index (χ4v) is 5.45. The van der Waals surface area contributed by atoms with Crippen LogP contribution in [0, 0.1) is 12.8 Å². The molecule has 0 bridgehead atoms. The van der Waals surface area contributed by atoms with Crippen molar-refractivity contribution in [3.05, 3.63) is 52.9 Å². The predicted octanol–water partition coefficient (Wildman–Crippen LogP) is 3.26. The quantitative estimate of drug-likeness (QED) is 0.399. The topological polar surface area (TPSA) is 119 Å². The van der Waals surface area contributed by atoms with Crippen LogP contribution in [0.3, 0.4) is 0 Å². The number of likely N-dealkylation sites (tertiary alicyclic amines) is 1. The van der Waals surface area contributed by atoms with Crippen LogP contribution in [-0.2, 0) is 16.1 Å². The van der Waals surface area contributed by atoms with E-state index in [0.717, 1.165) is 28.3 Å². The Morgan fingerprint density at radius 2 is 2.00 bits per heavy atom. The minimum absolute atomic E-state index is 0.0711. The van der Waals surface area contributed by atoms with Crippen LogP contribution in [0.5, 0.6) is 0 Å². The van der Waals surface area contributed by atoms with Gasteiger partial charge in [0.2, 0.25) is 11.8 Å². The number of halogens is 1. The standard InChI is InChI=1S/C24H22BrN7O2/c1-12-6-7-18(25)29-22(12)30-24(34)17-9-13-8-16(13)32(17)19(33)10-31-15-5-3-2-4-14(15)20-21(26)27-11-28-23(20)31/h2-7,11,13,16-17H,8-10H2,1H3,(H2,26,27,28)(H,29,30,34)/t13-,16?,17+/m1/s1. The number of nitrogens with two attached hydrogens (primary N) is 1. The van der Waals surface area contributed by atoms with Crippen molar-refractivity contribution >= 4 is 61.3 Å². The highest BCUT2D eigenvalue weighted by Gasteiger charge is 2.56. The summed E-state index contributed by atoms with van der Waals surface area (Å²) in [5.74, 6) is 0.936. The van der Waals surface area contributed by atoms with Gasteiger partial charge in [0.15, 0.2) is 0 Å². The maximum Gasteiger partial charge on any atom is 0.248 e. The molecule has 1 aliphatic carbocycles. The van der Waals surface area contributed by atoms with Crippen LogP contribution in [0.2, 0.25) is 0 Å². The Kier molecular flexibility index (Phi) is 4.80. The number of aryl methyl sites for hydroxylation is 1. The lowest BCUT2D eigenvalue weighted by atomic mass is 10.1. The number of nitrogens with zero attached hydrogens (tertiary/aromatic N) is 5. The lowest BCUT2D eigenvalue weighted by Crippen LogP contribution is -2.46. The van der Waals surface area contributed by atoms with Gasteiger partial charge in [-0.3, -0.25) is 9.59 Å². The van der Waals surface area contributed by atoms with Gasteiger partial charge in [0.25, 0.3) is 0 Å². The first-order valence-electron chi connectivity index (χ1n) is 11.1. The molecule has 4 aromatic rings. The van der Waals surface area contributed by atoms with Crippen molar-refractivity contribution < 1.29 is 9.59 Å². The molecule has 1 aliphatic heterocycles. The molecule has 2 amide bonds. The fourth-order valence-electron chi connectivity index (χ4n) is 5.14. The number of pyridine rings is 1. The number of amides is 2. The van der Waals surface area contributed by atoms with Crippen LogP contribution in [0.15, 0.2) is 47.3 Å². The average molecular weight is 520 g/mol. The number of benzene rings is 1. The summed E-state index contributed by atoms with van der Waals surface area (Å²) in [6.07, 6.45) is 3.01. The van der Waals surface area contributed by atoms with Crippen LogP contribution < -0.4 is 11.1 Å². The second-order valence-electron chi connectivity index (χ2n) is 8.97. The van der Waals surface area contributed by atoms with Crippen LogP contribution >= 0.6 is 15.9 Å². The molecule has 0 radical (unpaired) electrons. The number of carbonyl (C=O) groups excluding carboxylic acids is 2. The van der Waals surface area contributed by atoms with Crippen molar-refractivity contribution in [1.82, 2.24) is 24.4 Å². The Morgan fingerprint density at radius 1 is 1.18 bits per heavy atom. The highest BCUT2D eigenvalue weighted by Crippen LogP contribution is 2.48. The number of carbonyl (C=O) groups is 2. The molecule has 6 rings (SSSR count). The third-order valence-electron chi connectivity index (χ3n) is 6.87. The molecule has 1 unspecified atom stereocenters. The van der Waals surface area contributed by atoms with E-state index in [2.05, 4.69) is 36.2 Å². The Morgan fingerprint density at radius 3 is 2.85 bits per heavy atom. The van der Waals surface area contributed by atoms with E-state index in [1.807, 2.05) is 47.9 Å². The first kappa shape index (κ1) is 21.0. The number of anilines is 2. The molecule has 1 saturated heterocycles. The predicted molar refractivity (Wildman–Crippen MR) is 132 cm³/mol. The van der Waals surface area contributed by atoms with E-state index in [4.69, 9.17) is 5.73 Å². The maximum absolute atomic E-state index is 13.6. The highest BCUT2D eigenvalue weighted by atomic mass is 79.9. The smallest absolute Gasteiger partial charge is 0.248 e. The minimum Gasteiger partial charge on any atom is -0.383 e. The second kappa shape index (κ2) is 7.76. The van der Waals surface area contributed by atoms with Gasteiger partial charge in [0, 0.05) is 11.4 Å². The van der Waals surface area contributed by atoms with E-state index in [9.17, 15) is 9.59 Å². The number of aromatic nitrogens is 4. The number of hydrogen-bond acceptors (Lipinski definition) is 6. The van der Waals surface area contributed by atoms with Gasteiger partial charge in [0.1, 0.15) is 40.8 Å². The summed E-state index contributed by atoms with van der Waals surface area (Å²) in [5.41, 5.74) is 8.49. The zero-order chi connectivity index (χ0) is 23.6. The van der Waals surface area contributed by atoms with Gasteiger partial charge < -0.3 is 20.5 Å². The summed E-state index contributed by atoms with van der Waals surface area (Å²) in [6, 6.07) is 11.0. The van der Waals surface area contributed by atoms with Gasteiger partial charge in [-0.2, -0.15) is 0 Å². The third kappa shape index (κ3) is 3.32. The van der Waals surface area contributed by atoms with Crippen molar-refractivity contribution in [2.45, 2.75) is 38.4 Å². The maximum atomic E-state index is 13.6. The first-order valence-corrected chi connectivity index (χ1v) is 11.9. The third-order valence-corrected chi connectivity index (χ3v) is 7.31. The van der Waals surface area contributed by atoms with E-state index in [1.54, 1.807) is 4.90 Å².